The lowest BCUT2D eigenvalue weighted by atomic mass is 9.87. The van der Waals surface area contributed by atoms with Gasteiger partial charge in [0.2, 0.25) is 0 Å². The van der Waals surface area contributed by atoms with Gasteiger partial charge in [0, 0.05) is 10.9 Å². The fourth-order valence-electron chi connectivity index (χ4n) is 3.49. The zero-order chi connectivity index (χ0) is 21.1. The first-order valence-corrected chi connectivity index (χ1v) is 10.4. The number of nitro groups is 1. The minimum Gasteiger partial charge on any atom is -0.451 e. The number of amides is 1. The third-order valence-corrected chi connectivity index (χ3v) is 6.60. The van der Waals surface area contributed by atoms with Gasteiger partial charge in [0.15, 0.2) is 6.61 Å². The van der Waals surface area contributed by atoms with E-state index < -0.39 is 23.4 Å². The Morgan fingerprint density at radius 2 is 2.00 bits per heavy atom. The number of aryl methyl sites for hydroxylation is 3. The van der Waals surface area contributed by atoms with E-state index in [2.05, 4.69) is 12.2 Å². The van der Waals surface area contributed by atoms with Crippen molar-refractivity contribution in [2.45, 2.75) is 46.5 Å². The van der Waals surface area contributed by atoms with Crippen molar-refractivity contribution < 1.29 is 19.2 Å². The number of benzene rings is 1. The number of ether oxygens (including phenoxy) is 1. The minimum atomic E-state index is -0.614. The second kappa shape index (κ2) is 8.73. The van der Waals surface area contributed by atoms with E-state index in [0.29, 0.717) is 10.8 Å². The molecule has 29 heavy (non-hydrogen) atoms. The van der Waals surface area contributed by atoms with Crippen LogP contribution in [0.2, 0.25) is 0 Å². The zero-order valence-electron chi connectivity index (χ0n) is 16.7. The molecule has 0 unspecified atom stereocenters. The molecule has 1 atom stereocenters. The molecule has 2 aromatic rings. The largest absolute Gasteiger partial charge is 0.451 e. The van der Waals surface area contributed by atoms with Crippen LogP contribution in [0.1, 0.15) is 51.0 Å². The van der Waals surface area contributed by atoms with Crippen LogP contribution >= 0.6 is 11.3 Å². The van der Waals surface area contributed by atoms with Gasteiger partial charge in [-0.15, -0.1) is 11.3 Å². The molecule has 7 nitrogen and oxygen atoms in total. The van der Waals surface area contributed by atoms with Crippen LogP contribution in [-0.2, 0) is 22.4 Å². The Hall–Kier alpha value is -2.74. The van der Waals surface area contributed by atoms with Gasteiger partial charge in [-0.3, -0.25) is 14.9 Å². The summed E-state index contributed by atoms with van der Waals surface area (Å²) in [6.07, 6.45) is 4.21. The maximum absolute atomic E-state index is 12.3. The van der Waals surface area contributed by atoms with Crippen molar-refractivity contribution in [3.63, 3.8) is 0 Å². The average molecular weight is 416 g/mol. The van der Waals surface area contributed by atoms with Crippen LogP contribution < -0.4 is 5.32 Å². The molecule has 1 N–H and O–H groups in total. The van der Waals surface area contributed by atoms with E-state index in [-0.39, 0.29) is 11.4 Å². The van der Waals surface area contributed by atoms with E-state index in [9.17, 15) is 19.7 Å². The van der Waals surface area contributed by atoms with Gasteiger partial charge in [0.1, 0.15) is 10.6 Å². The van der Waals surface area contributed by atoms with Crippen LogP contribution in [0, 0.1) is 29.9 Å². The van der Waals surface area contributed by atoms with Crippen molar-refractivity contribution in [3.05, 3.63) is 54.8 Å². The number of anilines is 1. The molecule has 0 saturated carbocycles. The number of hydrogen-bond donors (Lipinski definition) is 1. The molecule has 1 amide bonds. The number of nitrogens with one attached hydrogen (secondary N) is 1. The molecule has 0 saturated heterocycles. The first kappa shape index (κ1) is 21.0. The smallest absolute Gasteiger partial charge is 0.348 e. The van der Waals surface area contributed by atoms with E-state index >= 15 is 0 Å². The van der Waals surface area contributed by atoms with Gasteiger partial charge in [-0.2, -0.15) is 0 Å². The Kier molecular flexibility index (Phi) is 6.32. The first-order chi connectivity index (χ1) is 13.8. The highest BCUT2D eigenvalue weighted by Crippen LogP contribution is 2.34. The highest BCUT2D eigenvalue weighted by molar-refractivity contribution is 7.14. The fraction of sp³-hybridized carbons (Fsp3) is 0.429. The summed E-state index contributed by atoms with van der Waals surface area (Å²) in [5.41, 5.74) is 2.68. The molecule has 0 spiro atoms. The van der Waals surface area contributed by atoms with Gasteiger partial charge in [-0.1, -0.05) is 13.3 Å². The number of nitro benzene ring substituents is 1. The number of esters is 1. The van der Waals surface area contributed by atoms with Crippen molar-refractivity contribution in [1.82, 2.24) is 0 Å². The maximum Gasteiger partial charge on any atom is 0.348 e. The van der Waals surface area contributed by atoms with Crippen LogP contribution in [0.3, 0.4) is 0 Å². The van der Waals surface area contributed by atoms with Crippen LogP contribution in [0.15, 0.2) is 18.2 Å². The Labute approximate surface area is 173 Å². The topological polar surface area (TPSA) is 98.5 Å². The minimum absolute atomic E-state index is 0.0938. The molecule has 1 heterocycles. The van der Waals surface area contributed by atoms with Gasteiger partial charge in [0.05, 0.1) is 4.92 Å². The van der Waals surface area contributed by atoms with Crippen molar-refractivity contribution in [2.24, 2.45) is 5.92 Å². The van der Waals surface area contributed by atoms with Gasteiger partial charge < -0.3 is 10.1 Å². The molecule has 1 aromatic carbocycles. The lowest BCUT2D eigenvalue weighted by Gasteiger charge is -2.19. The van der Waals surface area contributed by atoms with Crippen LogP contribution in [0.4, 0.5) is 11.4 Å². The quantitative estimate of drug-likeness (QED) is 0.422. The summed E-state index contributed by atoms with van der Waals surface area (Å²) in [4.78, 5) is 36.9. The van der Waals surface area contributed by atoms with E-state index in [1.807, 2.05) is 6.07 Å². The van der Waals surface area contributed by atoms with Gasteiger partial charge in [-0.25, -0.2) is 4.79 Å². The molecule has 0 aliphatic heterocycles. The molecule has 8 heteroatoms. The maximum atomic E-state index is 12.3. The summed E-state index contributed by atoms with van der Waals surface area (Å²) in [5, 5.41) is 13.7. The second-order valence-electron chi connectivity index (χ2n) is 7.41. The molecule has 0 bridgehead atoms. The molecular formula is C21H24N2O5S. The Morgan fingerprint density at radius 1 is 1.28 bits per heavy atom. The van der Waals surface area contributed by atoms with Crippen molar-refractivity contribution >= 4 is 34.6 Å². The molecule has 154 valence electrons. The monoisotopic (exact) mass is 416 g/mol. The van der Waals surface area contributed by atoms with E-state index in [4.69, 9.17) is 4.74 Å². The normalized spacial score (nSPS) is 15.5. The molecule has 1 aromatic heterocycles. The summed E-state index contributed by atoms with van der Waals surface area (Å²) in [6, 6.07) is 4.83. The Morgan fingerprint density at radius 3 is 2.69 bits per heavy atom. The molecular weight excluding hydrogens is 392 g/mol. The molecule has 1 aliphatic carbocycles. The third kappa shape index (κ3) is 4.82. The lowest BCUT2D eigenvalue weighted by Crippen LogP contribution is -2.21. The highest BCUT2D eigenvalue weighted by Gasteiger charge is 2.23. The lowest BCUT2D eigenvalue weighted by molar-refractivity contribution is -0.384. The number of nitrogens with zero attached hydrogens (tertiary/aromatic N) is 1. The average Bonchev–Trinajstić information content (AvgIpc) is 3.11. The van der Waals surface area contributed by atoms with Crippen LogP contribution in [0.5, 0.6) is 0 Å². The molecule has 1 aliphatic rings. The number of carbonyl (C=O) groups excluding carboxylic acids is 2. The van der Waals surface area contributed by atoms with Crippen molar-refractivity contribution in [2.75, 3.05) is 11.9 Å². The number of fused-ring (bicyclic) bond motifs is 1. The Bertz CT molecular complexity index is 966. The number of carbonyl (C=O) groups is 2. The second-order valence-corrected chi connectivity index (χ2v) is 8.55. The predicted octanol–water partition coefficient (Wildman–Crippen LogP) is 4.58. The van der Waals surface area contributed by atoms with E-state index in [1.54, 1.807) is 19.9 Å². The summed E-state index contributed by atoms with van der Waals surface area (Å²) in [5.74, 6) is -0.500. The summed E-state index contributed by atoms with van der Waals surface area (Å²) < 4.78 is 5.14. The number of rotatable bonds is 6. The van der Waals surface area contributed by atoms with Crippen molar-refractivity contribution in [1.29, 1.82) is 0 Å². The number of thiophene rings is 1. The predicted molar refractivity (Wildman–Crippen MR) is 112 cm³/mol. The molecule has 3 rings (SSSR count). The van der Waals surface area contributed by atoms with E-state index in [1.165, 1.54) is 27.8 Å². The summed E-state index contributed by atoms with van der Waals surface area (Å²) in [7, 11) is 0. The van der Waals surface area contributed by atoms with Gasteiger partial charge in [0.25, 0.3) is 11.6 Å². The summed E-state index contributed by atoms with van der Waals surface area (Å²) >= 11 is 1.43. The van der Waals surface area contributed by atoms with E-state index in [0.717, 1.165) is 36.8 Å². The van der Waals surface area contributed by atoms with Crippen molar-refractivity contribution in [3.8, 4) is 0 Å². The fourth-order valence-corrected chi connectivity index (χ4v) is 4.59. The van der Waals surface area contributed by atoms with Crippen LogP contribution in [-0.4, -0.2) is 23.4 Å². The van der Waals surface area contributed by atoms with Crippen LogP contribution in [0.25, 0.3) is 0 Å². The third-order valence-electron chi connectivity index (χ3n) is 5.38. The van der Waals surface area contributed by atoms with Gasteiger partial charge >= 0.3 is 5.97 Å². The standard InChI is InChI=1S/C21H24N2O5S/c1-4-14-5-6-18-15(9-14)10-19(29-18)21(25)28-11-20(24)22-16-7-12(2)13(3)8-17(16)23(26)27/h7-8,10,14H,4-6,9,11H2,1-3H3,(H,22,24)/t14-/m1/s1. The molecule has 0 radical (unpaired) electrons. The highest BCUT2D eigenvalue weighted by atomic mass is 32.1. The summed E-state index contributed by atoms with van der Waals surface area (Å²) in [6.45, 7) is 5.24. The SMILES string of the molecule is CC[C@@H]1CCc2sc(C(=O)OCC(=O)Nc3cc(C)c(C)cc3[N+](=O)[O-])cc2C1. The zero-order valence-corrected chi connectivity index (χ0v) is 17.6. The van der Waals surface area contributed by atoms with Gasteiger partial charge in [-0.05, 0) is 67.9 Å². The Balaban J connectivity index is 1.62. The molecule has 0 fully saturated rings. The number of hydrogen-bond acceptors (Lipinski definition) is 6. The first-order valence-electron chi connectivity index (χ1n) is 9.62.